The highest BCUT2D eigenvalue weighted by molar-refractivity contribution is 5.89. The molecule has 2 N–H and O–H groups in total. The van der Waals surface area contributed by atoms with Gasteiger partial charge in [-0.25, -0.2) is 4.79 Å². The Kier molecular flexibility index (Phi) is 8.21. The molecule has 6 heteroatoms. The van der Waals surface area contributed by atoms with Crippen molar-refractivity contribution in [2.45, 2.75) is 32.7 Å². The lowest BCUT2D eigenvalue weighted by molar-refractivity contribution is -0.120. The van der Waals surface area contributed by atoms with Crippen LogP contribution < -0.4 is 15.4 Å². The number of hydrogen-bond donors (Lipinski definition) is 2. The molecule has 0 saturated heterocycles. The van der Waals surface area contributed by atoms with Crippen LogP contribution >= 0.6 is 0 Å². The van der Waals surface area contributed by atoms with E-state index < -0.39 is 0 Å². The molecular formula is C23H30N2O4. The lowest BCUT2D eigenvalue weighted by atomic mass is 9.87. The average molecular weight is 399 g/mol. The smallest absolute Gasteiger partial charge is 0.337 e. The molecule has 0 bridgehead atoms. The number of hydrogen-bond acceptors (Lipinski definition) is 5. The minimum absolute atomic E-state index is 0.100. The van der Waals surface area contributed by atoms with Crippen molar-refractivity contribution < 1.29 is 19.1 Å². The second-order valence-electron chi connectivity index (χ2n) is 7.76. The maximum absolute atomic E-state index is 11.9. The summed E-state index contributed by atoms with van der Waals surface area (Å²) in [6.45, 7) is 8.20. The van der Waals surface area contributed by atoms with E-state index in [4.69, 9.17) is 4.74 Å². The molecule has 2 aromatic rings. The zero-order valence-corrected chi connectivity index (χ0v) is 17.6. The molecule has 2 rings (SSSR count). The van der Waals surface area contributed by atoms with Crippen LogP contribution in [0.25, 0.3) is 0 Å². The normalized spacial score (nSPS) is 11.0. The van der Waals surface area contributed by atoms with Crippen LogP contribution in [0, 0.1) is 0 Å². The molecule has 1 amide bonds. The monoisotopic (exact) mass is 398 g/mol. The number of carbonyl (C=O) groups is 2. The molecule has 156 valence electrons. The number of esters is 1. The Morgan fingerprint density at radius 3 is 2.21 bits per heavy atom. The predicted molar refractivity (Wildman–Crippen MR) is 113 cm³/mol. The Morgan fingerprint density at radius 1 is 0.966 bits per heavy atom. The molecule has 0 radical (unpaired) electrons. The van der Waals surface area contributed by atoms with Crippen molar-refractivity contribution in [2.75, 3.05) is 26.8 Å². The number of nitrogens with one attached hydrogen (secondary N) is 2. The zero-order chi connectivity index (χ0) is 21.3. The maximum Gasteiger partial charge on any atom is 0.337 e. The fourth-order valence-corrected chi connectivity index (χ4v) is 2.63. The maximum atomic E-state index is 11.9. The first-order valence-corrected chi connectivity index (χ1v) is 9.67. The summed E-state index contributed by atoms with van der Waals surface area (Å²) in [7, 11) is 1.34. The fourth-order valence-electron chi connectivity index (χ4n) is 2.63. The van der Waals surface area contributed by atoms with Crippen LogP contribution in [0.2, 0.25) is 0 Å². The van der Waals surface area contributed by atoms with Gasteiger partial charge < -0.3 is 20.1 Å². The van der Waals surface area contributed by atoms with Gasteiger partial charge in [0.15, 0.2) is 0 Å². The molecule has 6 nitrogen and oxygen atoms in total. The third-order valence-corrected chi connectivity index (χ3v) is 4.42. The first kappa shape index (κ1) is 22.4. The minimum atomic E-state index is -0.378. The Hall–Kier alpha value is -2.86. The first-order valence-electron chi connectivity index (χ1n) is 9.67. The molecule has 0 aromatic heterocycles. The van der Waals surface area contributed by atoms with E-state index >= 15 is 0 Å². The van der Waals surface area contributed by atoms with Gasteiger partial charge >= 0.3 is 5.97 Å². The molecule has 0 aliphatic heterocycles. The topological polar surface area (TPSA) is 76.7 Å². The Morgan fingerprint density at radius 2 is 1.62 bits per heavy atom. The highest BCUT2D eigenvalue weighted by atomic mass is 16.5. The Bertz CT molecular complexity index is 793. The van der Waals surface area contributed by atoms with Crippen molar-refractivity contribution in [3.63, 3.8) is 0 Å². The van der Waals surface area contributed by atoms with Crippen LogP contribution in [-0.2, 0) is 21.5 Å². The van der Waals surface area contributed by atoms with E-state index in [1.54, 1.807) is 24.3 Å². The lowest BCUT2D eigenvalue weighted by Crippen LogP contribution is -2.35. The number of amides is 1. The number of methoxy groups -OCH3 is 1. The third kappa shape index (κ3) is 7.58. The molecule has 0 atom stereocenters. The summed E-state index contributed by atoms with van der Waals surface area (Å²) in [6.07, 6.45) is 0. The van der Waals surface area contributed by atoms with Crippen molar-refractivity contribution in [2.24, 2.45) is 0 Å². The Balaban J connectivity index is 1.62. The molecule has 0 aliphatic rings. The summed E-state index contributed by atoms with van der Waals surface area (Å²) < 4.78 is 10.4. The van der Waals surface area contributed by atoms with Gasteiger partial charge in [-0.2, -0.15) is 0 Å². The van der Waals surface area contributed by atoms with Crippen molar-refractivity contribution in [3.8, 4) is 5.75 Å². The third-order valence-electron chi connectivity index (χ3n) is 4.42. The molecule has 0 aliphatic carbocycles. The zero-order valence-electron chi connectivity index (χ0n) is 17.6. The Labute approximate surface area is 172 Å². The van der Waals surface area contributed by atoms with Crippen LogP contribution in [-0.4, -0.2) is 38.7 Å². The van der Waals surface area contributed by atoms with Gasteiger partial charge in [-0.3, -0.25) is 4.79 Å². The molecular weight excluding hydrogens is 368 g/mol. The van der Waals surface area contributed by atoms with Crippen LogP contribution in [0.3, 0.4) is 0 Å². The molecule has 0 saturated carbocycles. The highest BCUT2D eigenvalue weighted by Gasteiger charge is 2.12. The number of rotatable bonds is 9. The van der Waals surface area contributed by atoms with E-state index in [2.05, 4.69) is 48.3 Å². The van der Waals surface area contributed by atoms with Gasteiger partial charge in [-0.15, -0.1) is 0 Å². The predicted octanol–water partition coefficient (Wildman–Crippen LogP) is 3.06. The number of benzene rings is 2. The van der Waals surface area contributed by atoms with Crippen molar-refractivity contribution >= 4 is 11.9 Å². The first-order chi connectivity index (χ1) is 13.8. The highest BCUT2D eigenvalue weighted by Crippen LogP contribution is 2.24. The second kappa shape index (κ2) is 10.6. The summed E-state index contributed by atoms with van der Waals surface area (Å²) in [6, 6.07) is 15.0. The fraction of sp³-hybridized carbons (Fsp3) is 0.391. The lowest BCUT2D eigenvalue weighted by Gasteiger charge is -2.19. The van der Waals surface area contributed by atoms with E-state index in [0.29, 0.717) is 25.3 Å². The molecule has 0 heterocycles. The summed E-state index contributed by atoms with van der Waals surface area (Å²) in [4.78, 5) is 23.3. The van der Waals surface area contributed by atoms with Crippen molar-refractivity contribution in [1.29, 1.82) is 0 Å². The summed E-state index contributed by atoms with van der Waals surface area (Å²) in [5, 5.41) is 5.89. The van der Waals surface area contributed by atoms with Crippen LogP contribution in [0.1, 0.15) is 42.3 Å². The van der Waals surface area contributed by atoms with E-state index in [1.807, 2.05) is 12.1 Å². The largest absolute Gasteiger partial charge is 0.492 e. The van der Waals surface area contributed by atoms with Gasteiger partial charge in [-0.1, -0.05) is 45.0 Å². The van der Waals surface area contributed by atoms with Crippen molar-refractivity contribution in [1.82, 2.24) is 10.6 Å². The average Bonchev–Trinajstić information content (AvgIpc) is 2.71. The SMILES string of the molecule is COC(=O)c1ccc(CNC(=O)CNCCOc2ccc(C(C)(C)C)cc2)cc1. The van der Waals surface area contributed by atoms with Gasteiger partial charge in [0.2, 0.25) is 5.91 Å². The van der Waals surface area contributed by atoms with Gasteiger partial charge in [-0.05, 0) is 40.8 Å². The van der Waals surface area contributed by atoms with Crippen molar-refractivity contribution in [3.05, 3.63) is 65.2 Å². The summed E-state index contributed by atoms with van der Waals surface area (Å²) in [5.74, 6) is 0.341. The van der Waals surface area contributed by atoms with Crippen LogP contribution in [0.15, 0.2) is 48.5 Å². The quantitative estimate of drug-likeness (QED) is 0.502. The summed E-state index contributed by atoms with van der Waals surface area (Å²) >= 11 is 0. The second-order valence-corrected chi connectivity index (χ2v) is 7.76. The van der Waals surface area contributed by atoms with E-state index in [0.717, 1.165) is 11.3 Å². The molecule has 0 fully saturated rings. The number of ether oxygens (including phenoxy) is 2. The van der Waals surface area contributed by atoms with Crippen LogP contribution in [0.5, 0.6) is 5.75 Å². The van der Waals surface area contributed by atoms with E-state index in [-0.39, 0.29) is 23.8 Å². The molecule has 2 aromatic carbocycles. The number of carbonyl (C=O) groups excluding carboxylic acids is 2. The molecule has 0 spiro atoms. The minimum Gasteiger partial charge on any atom is -0.492 e. The van der Waals surface area contributed by atoms with E-state index in [9.17, 15) is 9.59 Å². The molecule has 29 heavy (non-hydrogen) atoms. The summed E-state index contributed by atoms with van der Waals surface area (Å²) in [5.41, 5.74) is 2.78. The van der Waals surface area contributed by atoms with Gasteiger partial charge in [0, 0.05) is 13.1 Å². The van der Waals surface area contributed by atoms with Gasteiger partial charge in [0.1, 0.15) is 12.4 Å². The van der Waals surface area contributed by atoms with Crippen LogP contribution in [0.4, 0.5) is 0 Å². The van der Waals surface area contributed by atoms with Gasteiger partial charge in [0.05, 0.1) is 19.2 Å². The van der Waals surface area contributed by atoms with Gasteiger partial charge in [0.25, 0.3) is 0 Å². The van der Waals surface area contributed by atoms with E-state index in [1.165, 1.54) is 12.7 Å². The molecule has 0 unspecified atom stereocenters. The standard InChI is InChI=1S/C23H30N2O4/c1-23(2,3)19-9-11-20(12-10-19)29-14-13-24-16-21(26)25-15-17-5-7-18(8-6-17)22(27)28-4/h5-12,24H,13-16H2,1-4H3,(H,25,26).